The Kier molecular flexibility index (Phi) is 4.81. The summed E-state index contributed by atoms with van der Waals surface area (Å²) in [6.45, 7) is 4.29. The highest BCUT2D eigenvalue weighted by molar-refractivity contribution is 7.89. The SMILES string of the molecule is Cc1noc(N2CN=CC=C2c2ccc(-c3ccccc3S(N)(=O)=O)cc2)c1C. The molecule has 1 aliphatic heterocycles. The van der Waals surface area contributed by atoms with E-state index in [1.807, 2.05) is 49.1 Å². The van der Waals surface area contributed by atoms with Gasteiger partial charge in [-0.05, 0) is 37.1 Å². The normalized spacial score (nSPS) is 14.2. The third-order valence-electron chi connectivity index (χ3n) is 4.91. The molecule has 2 N–H and O–H groups in total. The summed E-state index contributed by atoms with van der Waals surface area (Å²) in [5.41, 5.74) is 5.00. The van der Waals surface area contributed by atoms with Crippen LogP contribution in [0.25, 0.3) is 16.8 Å². The van der Waals surface area contributed by atoms with Crippen molar-refractivity contribution in [2.45, 2.75) is 18.7 Å². The van der Waals surface area contributed by atoms with Crippen LogP contribution in [-0.4, -0.2) is 26.5 Å². The molecule has 3 aromatic rings. The second-order valence-electron chi connectivity index (χ2n) is 6.77. The Bertz CT molecular complexity index is 1230. The Labute approximate surface area is 169 Å². The highest BCUT2D eigenvalue weighted by Crippen LogP contribution is 2.33. The van der Waals surface area contributed by atoms with Crippen LogP contribution in [0.3, 0.4) is 0 Å². The highest BCUT2D eigenvalue weighted by Gasteiger charge is 2.22. The van der Waals surface area contributed by atoms with E-state index < -0.39 is 10.0 Å². The number of hydrogen-bond donors (Lipinski definition) is 1. The number of aromatic nitrogens is 1. The number of hydrogen-bond acceptors (Lipinski definition) is 6. The first kappa shape index (κ1) is 19.1. The topological polar surface area (TPSA) is 102 Å². The average molecular weight is 408 g/mol. The number of allylic oxidation sites excluding steroid dienone is 1. The van der Waals surface area contributed by atoms with Crippen LogP contribution in [-0.2, 0) is 10.0 Å². The van der Waals surface area contributed by atoms with E-state index in [1.165, 1.54) is 6.07 Å². The predicted octanol–water partition coefficient (Wildman–Crippen LogP) is 3.50. The van der Waals surface area contributed by atoms with Crippen molar-refractivity contribution in [3.05, 3.63) is 71.4 Å². The monoisotopic (exact) mass is 408 g/mol. The molecule has 0 aliphatic carbocycles. The number of sulfonamides is 1. The lowest BCUT2D eigenvalue weighted by Gasteiger charge is -2.25. The number of aryl methyl sites for hydroxylation is 1. The molecule has 8 heteroatoms. The standard InChI is InChI=1S/C21H20N4O3S/c1-14-15(2)24-28-21(14)25-13-23-12-11-19(25)17-9-7-16(8-10-17)18-5-3-4-6-20(18)29(22,26)27/h3-12H,13H2,1-2H3,(H2,22,26,27). The molecule has 7 nitrogen and oxygen atoms in total. The predicted molar refractivity (Wildman–Crippen MR) is 113 cm³/mol. The number of anilines is 1. The minimum atomic E-state index is -3.82. The van der Waals surface area contributed by atoms with Crippen molar-refractivity contribution in [2.75, 3.05) is 11.6 Å². The largest absolute Gasteiger partial charge is 0.338 e. The first-order chi connectivity index (χ1) is 13.9. The summed E-state index contributed by atoms with van der Waals surface area (Å²) >= 11 is 0. The molecule has 148 valence electrons. The van der Waals surface area contributed by atoms with Gasteiger partial charge in [-0.2, -0.15) is 0 Å². The van der Waals surface area contributed by atoms with Crippen molar-refractivity contribution in [3.8, 4) is 11.1 Å². The van der Waals surface area contributed by atoms with Gasteiger partial charge >= 0.3 is 0 Å². The quantitative estimate of drug-likeness (QED) is 0.712. The Hall–Kier alpha value is -3.23. The summed E-state index contributed by atoms with van der Waals surface area (Å²) < 4.78 is 29.3. The Morgan fingerprint density at radius 1 is 1.03 bits per heavy atom. The summed E-state index contributed by atoms with van der Waals surface area (Å²) in [5.74, 6) is 0.661. The van der Waals surface area contributed by atoms with Crippen molar-refractivity contribution in [1.82, 2.24) is 5.16 Å². The fraction of sp³-hybridized carbons (Fsp3) is 0.143. The van der Waals surface area contributed by atoms with Crippen LogP contribution in [0.5, 0.6) is 0 Å². The third kappa shape index (κ3) is 3.59. The summed E-state index contributed by atoms with van der Waals surface area (Å²) in [6, 6.07) is 14.3. The molecule has 0 spiro atoms. The maximum absolute atomic E-state index is 11.9. The molecule has 0 saturated carbocycles. The van der Waals surface area contributed by atoms with Crippen molar-refractivity contribution in [1.29, 1.82) is 0 Å². The second kappa shape index (κ2) is 7.31. The summed E-state index contributed by atoms with van der Waals surface area (Å²) in [6.07, 6.45) is 3.67. The molecule has 4 rings (SSSR count). The van der Waals surface area contributed by atoms with Gasteiger partial charge in [0.1, 0.15) is 6.67 Å². The fourth-order valence-corrected chi connectivity index (χ4v) is 4.03. The molecule has 0 radical (unpaired) electrons. The van der Waals surface area contributed by atoms with Gasteiger partial charge in [-0.15, -0.1) is 0 Å². The molecule has 1 aliphatic rings. The Morgan fingerprint density at radius 2 is 1.72 bits per heavy atom. The zero-order valence-corrected chi connectivity index (χ0v) is 16.8. The van der Waals surface area contributed by atoms with E-state index in [0.29, 0.717) is 18.1 Å². The zero-order valence-electron chi connectivity index (χ0n) is 16.0. The smallest absolute Gasteiger partial charge is 0.238 e. The summed E-state index contributed by atoms with van der Waals surface area (Å²) in [7, 11) is -3.82. The molecule has 0 saturated heterocycles. The van der Waals surface area contributed by atoms with Gasteiger partial charge < -0.3 is 4.52 Å². The fourth-order valence-electron chi connectivity index (χ4n) is 3.27. The van der Waals surface area contributed by atoms with Gasteiger partial charge in [-0.1, -0.05) is 47.6 Å². The van der Waals surface area contributed by atoms with Crippen LogP contribution in [0.4, 0.5) is 5.88 Å². The molecule has 0 fully saturated rings. The Balaban J connectivity index is 1.72. The average Bonchev–Trinajstić information content (AvgIpc) is 3.06. The number of nitrogens with two attached hydrogens (primary N) is 1. The Morgan fingerprint density at radius 3 is 2.38 bits per heavy atom. The number of aliphatic imine (C=N–C) groups is 1. The zero-order chi connectivity index (χ0) is 20.6. The van der Waals surface area contributed by atoms with Crippen LogP contribution >= 0.6 is 0 Å². The van der Waals surface area contributed by atoms with Gasteiger partial charge in [0.25, 0.3) is 0 Å². The van der Waals surface area contributed by atoms with Crippen molar-refractivity contribution < 1.29 is 12.9 Å². The minimum absolute atomic E-state index is 0.103. The number of benzene rings is 2. The molecule has 0 amide bonds. The number of nitrogens with zero attached hydrogens (tertiary/aromatic N) is 3. The number of rotatable bonds is 4. The lowest BCUT2D eigenvalue weighted by molar-refractivity contribution is 0.418. The molecular weight excluding hydrogens is 388 g/mol. The minimum Gasteiger partial charge on any atom is -0.338 e. The second-order valence-corrected chi connectivity index (χ2v) is 8.30. The lowest BCUT2D eigenvalue weighted by Crippen LogP contribution is -2.24. The maximum atomic E-state index is 11.9. The van der Waals surface area contributed by atoms with Crippen LogP contribution < -0.4 is 10.0 Å². The van der Waals surface area contributed by atoms with E-state index in [4.69, 9.17) is 9.66 Å². The molecule has 0 atom stereocenters. The molecule has 29 heavy (non-hydrogen) atoms. The van der Waals surface area contributed by atoms with E-state index >= 15 is 0 Å². The van der Waals surface area contributed by atoms with Crippen molar-refractivity contribution in [2.24, 2.45) is 10.1 Å². The third-order valence-corrected chi connectivity index (χ3v) is 5.88. The van der Waals surface area contributed by atoms with Gasteiger partial charge in [0, 0.05) is 17.3 Å². The van der Waals surface area contributed by atoms with E-state index in [2.05, 4.69) is 10.1 Å². The molecule has 0 bridgehead atoms. The lowest BCUT2D eigenvalue weighted by atomic mass is 10.0. The summed E-state index contributed by atoms with van der Waals surface area (Å²) in [4.78, 5) is 6.38. The van der Waals surface area contributed by atoms with Crippen molar-refractivity contribution >= 4 is 27.8 Å². The molecule has 0 unspecified atom stereocenters. The highest BCUT2D eigenvalue weighted by atomic mass is 32.2. The molecule has 2 aromatic carbocycles. The first-order valence-electron chi connectivity index (χ1n) is 8.99. The van der Waals surface area contributed by atoms with Gasteiger partial charge in [-0.3, -0.25) is 9.89 Å². The van der Waals surface area contributed by atoms with Crippen LogP contribution in [0.15, 0.2) is 69.0 Å². The first-order valence-corrected chi connectivity index (χ1v) is 10.5. The van der Waals surface area contributed by atoms with E-state index in [9.17, 15) is 8.42 Å². The van der Waals surface area contributed by atoms with Crippen LogP contribution in [0.2, 0.25) is 0 Å². The van der Waals surface area contributed by atoms with Crippen LogP contribution in [0, 0.1) is 13.8 Å². The molecule has 2 heterocycles. The van der Waals surface area contributed by atoms with Gasteiger partial charge in [-0.25, -0.2) is 13.6 Å². The number of primary sulfonamides is 1. The molecule has 1 aromatic heterocycles. The van der Waals surface area contributed by atoms with Gasteiger partial charge in [0.15, 0.2) is 0 Å². The van der Waals surface area contributed by atoms with Crippen LogP contribution in [0.1, 0.15) is 16.8 Å². The summed E-state index contributed by atoms with van der Waals surface area (Å²) in [5, 5.41) is 9.41. The van der Waals surface area contributed by atoms with E-state index in [-0.39, 0.29) is 4.90 Å². The van der Waals surface area contributed by atoms with E-state index in [1.54, 1.807) is 24.4 Å². The van der Waals surface area contributed by atoms with Gasteiger partial charge in [0.05, 0.1) is 16.3 Å². The molecular formula is C21H20N4O3S. The maximum Gasteiger partial charge on any atom is 0.238 e. The van der Waals surface area contributed by atoms with Gasteiger partial charge in [0.2, 0.25) is 15.9 Å². The van der Waals surface area contributed by atoms with Crippen molar-refractivity contribution in [3.63, 3.8) is 0 Å². The van der Waals surface area contributed by atoms with E-state index in [0.717, 1.165) is 28.1 Å².